The van der Waals surface area contributed by atoms with E-state index in [9.17, 15) is 10.1 Å². The molecule has 0 aliphatic rings. The third-order valence-corrected chi connectivity index (χ3v) is 4.52. The Labute approximate surface area is 136 Å². The Balaban J connectivity index is 2.82. The average molecular weight is 332 g/mol. The molecule has 1 rings (SSSR count). The number of thiol groups is 1. The van der Waals surface area contributed by atoms with E-state index in [2.05, 4.69) is 26.5 Å². The van der Waals surface area contributed by atoms with E-state index >= 15 is 0 Å². The van der Waals surface area contributed by atoms with Gasteiger partial charge in [-0.1, -0.05) is 38.3 Å². The summed E-state index contributed by atoms with van der Waals surface area (Å²) in [6.07, 6.45) is 4.21. The second-order valence-corrected chi connectivity index (χ2v) is 6.04. The summed E-state index contributed by atoms with van der Waals surface area (Å²) in [5.74, 6) is 1.24. The van der Waals surface area contributed by atoms with Crippen LogP contribution >= 0.6 is 24.2 Å². The van der Waals surface area contributed by atoms with Crippen molar-refractivity contribution >= 4 is 29.9 Å². The molecule has 0 fully saturated rings. The molecular formula is C15H22ClNO3S. The lowest BCUT2D eigenvalue weighted by atomic mass is 9.82. The van der Waals surface area contributed by atoms with Gasteiger partial charge in [-0.2, -0.15) is 12.6 Å². The maximum Gasteiger partial charge on any atom is 0.271 e. The third-order valence-electron chi connectivity index (χ3n) is 3.56. The molecule has 0 aromatic heterocycles. The van der Waals surface area contributed by atoms with Crippen molar-refractivity contribution in [2.24, 2.45) is 5.41 Å². The molecule has 0 saturated carbocycles. The third kappa shape index (κ3) is 5.08. The van der Waals surface area contributed by atoms with Crippen LogP contribution in [0.1, 0.15) is 39.5 Å². The largest absolute Gasteiger partial charge is 0.491 e. The molecule has 0 bridgehead atoms. The number of rotatable bonds is 9. The van der Waals surface area contributed by atoms with Gasteiger partial charge >= 0.3 is 0 Å². The number of nitro benzene ring substituents is 1. The van der Waals surface area contributed by atoms with Crippen LogP contribution in [0.15, 0.2) is 18.2 Å². The highest BCUT2D eigenvalue weighted by atomic mass is 35.5. The predicted octanol–water partition coefficient (Wildman–Crippen LogP) is 5.14. The van der Waals surface area contributed by atoms with Crippen LogP contribution in [0.2, 0.25) is 5.02 Å². The van der Waals surface area contributed by atoms with E-state index in [-0.39, 0.29) is 16.1 Å². The highest BCUT2D eigenvalue weighted by molar-refractivity contribution is 7.80. The first-order chi connectivity index (χ1) is 9.98. The minimum atomic E-state index is -0.470. The summed E-state index contributed by atoms with van der Waals surface area (Å²) in [4.78, 5) is 10.2. The molecule has 0 radical (unpaired) electrons. The minimum absolute atomic E-state index is 0.0255. The van der Waals surface area contributed by atoms with Gasteiger partial charge in [0.15, 0.2) is 0 Å². The van der Waals surface area contributed by atoms with Crippen molar-refractivity contribution in [3.05, 3.63) is 33.3 Å². The molecule has 1 aromatic rings. The number of halogens is 1. The van der Waals surface area contributed by atoms with Gasteiger partial charge in [0.1, 0.15) is 5.75 Å². The van der Waals surface area contributed by atoms with Gasteiger partial charge in [-0.05, 0) is 24.7 Å². The van der Waals surface area contributed by atoms with Gasteiger partial charge in [0, 0.05) is 17.5 Å². The lowest BCUT2D eigenvalue weighted by molar-refractivity contribution is -0.384. The van der Waals surface area contributed by atoms with Gasteiger partial charge in [0.2, 0.25) is 0 Å². The molecule has 118 valence electrons. The Morgan fingerprint density at radius 1 is 1.33 bits per heavy atom. The summed E-state index contributed by atoms with van der Waals surface area (Å²) in [6, 6.07) is 4.28. The monoisotopic (exact) mass is 331 g/mol. The van der Waals surface area contributed by atoms with Crippen LogP contribution in [0, 0.1) is 15.5 Å². The summed E-state index contributed by atoms with van der Waals surface area (Å²) >= 11 is 10.5. The van der Waals surface area contributed by atoms with E-state index < -0.39 is 4.92 Å². The zero-order valence-corrected chi connectivity index (χ0v) is 14.1. The normalized spacial score (nSPS) is 11.4. The molecule has 0 saturated heterocycles. The number of benzene rings is 1. The summed E-state index contributed by atoms with van der Waals surface area (Å²) in [6.45, 7) is 4.81. The molecule has 0 amide bonds. The highest BCUT2D eigenvalue weighted by Crippen LogP contribution is 2.34. The first kappa shape index (κ1) is 18.1. The van der Waals surface area contributed by atoms with Crippen LogP contribution in [-0.2, 0) is 0 Å². The van der Waals surface area contributed by atoms with E-state index in [1.54, 1.807) is 6.07 Å². The molecule has 4 nitrogen and oxygen atoms in total. The number of hydrogen-bond donors (Lipinski definition) is 1. The highest BCUT2D eigenvalue weighted by Gasteiger charge is 2.28. The van der Waals surface area contributed by atoms with Gasteiger partial charge in [0.05, 0.1) is 16.6 Å². The molecule has 6 heteroatoms. The molecule has 0 heterocycles. The van der Waals surface area contributed by atoms with Crippen molar-refractivity contribution in [1.82, 2.24) is 0 Å². The quantitative estimate of drug-likeness (QED) is 0.387. The van der Waals surface area contributed by atoms with Crippen molar-refractivity contribution in [2.45, 2.75) is 39.5 Å². The smallest absolute Gasteiger partial charge is 0.271 e. The van der Waals surface area contributed by atoms with Crippen LogP contribution < -0.4 is 4.74 Å². The zero-order valence-electron chi connectivity index (χ0n) is 12.5. The van der Waals surface area contributed by atoms with E-state index in [0.717, 1.165) is 31.4 Å². The molecule has 0 atom stereocenters. The van der Waals surface area contributed by atoms with Crippen LogP contribution in [-0.4, -0.2) is 17.3 Å². The number of ether oxygens (including phenoxy) is 1. The SMILES string of the molecule is CCCC(CS)(CCC)COc1ccc([N+](=O)[O-])cc1Cl. The number of nitro groups is 1. The molecule has 0 spiro atoms. The van der Waals surface area contributed by atoms with Crippen molar-refractivity contribution in [3.63, 3.8) is 0 Å². The average Bonchev–Trinajstić information content (AvgIpc) is 2.46. The first-order valence-corrected chi connectivity index (χ1v) is 8.16. The fraction of sp³-hybridized carbons (Fsp3) is 0.600. The van der Waals surface area contributed by atoms with Gasteiger partial charge in [0.25, 0.3) is 5.69 Å². The molecular weight excluding hydrogens is 310 g/mol. The van der Waals surface area contributed by atoms with Crippen LogP contribution in [0.25, 0.3) is 0 Å². The predicted molar refractivity (Wildman–Crippen MR) is 89.7 cm³/mol. The lowest BCUT2D eigenvalue weighted by Gasteiger charge is -2.31. The fourth-order valence-corrected chi connectivity index (χ4v) is 3.12. The van der Waals surface area contributed by atoms with E-state index in [1.807, 2.05) is 0 Å². The summed E-state index contributed by atoms with van der Waals surface area (Å²) in [7, 11) is 0. The van der Waals surface area contributed by atoms with E-state index in [4.69, 9.17) is 16.3 Å². The van der Waals surface area contributed by atoms with Gasteiger partial charge in [-0.3, -0.25) is 10.1 Å². The van der Waals surface area contributed by atoms with Gasteiger partial charge < -0.3 is 4.74 Å². The lowest BCUT2D eigenvalue weighted by Crippen LogP contribution is -2.30. The summed E-state index contributed by atoms with van der Waals surface area (Å²) in [5, 5.41) is 11.0. The standard InChI is InChI=1S/C15H22ClNO3S/c1-3-7-15(11-21,8-4-2)10-20-14-6-5-12(17(18)19)9-13(14)16/h5-6,9,21H,3-4,7-8,10-11H2,1-2H3. The number of hydrogen-bond acceptors (Lipinski definition) is 4. The Morgan fingerprint density at radius 2 is 1.95 bits per heavy atom. The first-order valence-electron chi connectivity index (χ1n) is 7.15. The Bertz CT molecular complexity index is 476. The van der Waals surface area contributed by atoms with Crippen LogP contribution in [0.4, 0.5) is 5.69 Å². The Hall–Kier alpha value is -0.940. The maximum absolute atomic E-state index is 10.7. The molecule has 1 aromatic carbocycles. The second-order valence-electron chi connectivity index (χ2n) is 5.32. The minimum Gasteiger partial charge on any atom is -0.491 e. The molecule has 0 N–H and O–H groups in total. The number of nitrogens with zero attached hydrogens (tertiary/aromatic N) is 1. The zero-order chi connectivity index (χ0) is 15.9. The van der Waals surface area contributed by atoms with Crippen molar-refractivity contribution in [1.29, 1.82) is 0 Å². The van der Waals surface area contributed by atoms with Crippen molar-refractivity contribution in [3.8, 4) is 5.75 Å². The second kappa shape index (κ2) is 8.49. The maximum atomic E-state index is 10.7. The molecule has 0 aliphatic carbocycles. The molecule has 0 aliphatic heterocycles. The number of non-ortho nitro benzene ring substituents is 1. The molecule has 0 unspecified atom stereocenters. The van der Waals surface area contributed by atoms with Crippen molar-refractivity contribution in [2.75, 3.05) is 12.4 Å². The Morgan fingerprint density at radius 3 is 2.38 bits per heavy atom. The van der Waals surface area contributed by atoms with Gasteiger partial charge in [-0.25, -0.2) is 0 Å². The van der Waals surface area contributed by atoms with Crippen LogP contribution in [0.5, 0.6) is 5.75 Å². The van der Waals surface area contributed by atoms with E-state index in [1.165, 1.54) is 12.1 Å². The molecule has 21 heavy (non-hydrogen) atoms. The fourth-order valence-electron chi connectivity index (χ4n) is 2.48. The summed E-state index contributed by atoms with van der Waals surface area (Å²) in [5.41, 5.74) is -0.00697. The van der Waals surface area contributed by atoms with Crippen molar-refractivity contribution < 1.29 is 9.66 Å². The van der Waals surface area contributed by atoms with Gasteiger partial charge in [-0.15, -0.1) is 0 Å². The Kier molecular flexibility index (Phi) is 7.32. The van der Waals surface area contributed by atoms with Crippen LogP contribution in [0.3, 0.4) is 0 Å². The summed E-state index contributed by atoms with van der Waals surface area (Å²) < 4.78 is 5.83. The van der Waals surface area contributed by atoms with E-state index in [0.29, 0.717) is 12.4 Å². The topological polar surface area (TPSA) is 52.4 Å².